The predicted molar refractivity (Wildman–Crippen MR) is 141 cm³/mol. The molecule has 1 aliphatic rings. The van der Waals surface area contributed by atoms with Gasteiger partial charge < -0.3 is 19.9 Å². The molecule has 1 aliphatic heterocycles. The number of hydrogen-bond acceptors (Lipinski definition) is 7. The average molecular weight is 513 g/mol. The highest BCUT2D eigenvalue weighted by atomic mass is 32.2. The minimum atomic E-state index is -3.44. The molecule has 0 amide bonds. The van der Waals surface area contributed by atoms with Crippen LogP contribution in [0.5, 0.6) is 11.5 Å². The summed E-state index contributed by atoms with van der Waals surface area (Å²) in [5.74, 6) is 1.33. The molecule has 1 unspecified atom stereocenters. The summed E-state index contributed by atoms with van der Waals surface area (Å²) in [6, 6.07) is 19.7. The van der Waals surface area contributed by atoms with Gasteiger partial charge in [-0.15, -0.1) is 11.3 Å². The van der Waals surface area contributed by atoms with Gasteiger partial charge in [0.25, 0.3) is 0 Å². The van der Waals surface area contributed by atoms with Gasteiger partial charge in [-0.05, 0) is 42.0 Å². The molecule has 0 spiro atoms. The maximum atomic E-state index is 12.2. The summed E-state index contributed by atoms with van der Waals surface area (Å²) in [6.45, 7) is 2.15. The van der Waals surface area contributed by atoms with Crippen LogP contribution in [0, 0.1) is 0 Å². The Morgan fingerprint density at radius 3 is 2.80 bits per heavy atom. The van der Waals surface area contributed by atoms with Gasteiger partial charge in [-0.25, -0.2) is 8.42 Å². The first kappa shape index (κ1) is 23.9. The Balaban J connectivity index is 1.17. The third kappa shape index (κ3) is 5.23. The Morgan fingerprint density at radius 1 is 1.11 bits per heavy atom. The summed E-state index contributed by atoms with van der Waals surface area (Å²) < 4.78 is 39.9. The van der Waals surface area contributed by atoms with Crippen molar-refractivity contribution in [2.24, 2.45) is 0 Å². The summed E-state index contributed by atoms with van der Waals surface area (Å²) in [7, 11) is -3.44. The van der Waals surface area contributed by atoms with Gasteiger partial charge in [0.1, 0.15) is 18.1 Å². The van der Waals surface area contributed by atoms with Gasteiger partial charge in [0, 0.05) is 46.2 Å². The Kier molecular flexibility index (Phi) is 6.84. The fraction of sp³-hybridized carbons (Fsp3) is 0.308. The predicted octanol–water partition coefficient (Wildman–Crippen LogP) is 4.31. The van der Waals surface area contributed by atoms with Crippen LogP contribution in [0.4, 0.5) is 5.69 Å². The zero-order valence-corrected chi connectivity index (χ0v) is 21.1. The number of fused-ring (bicyclic) bond motifs is 4. The zero-order valence-electron chi connectivity index (χ0n) is 19.4. The van der Waals surface area contributed by atoms with E-state index >= 15 is 0 Å². The first-order valence-electron chi connectivity index (χ1n) is 11.6. The van der Waals surface area contributed by atoms with Gasteiger partial charge in [0.15, 0.2) is 0 Å². The number of hydrogen-bond donors (Lipinski definition) is 2. The summed E-state index contributed by atoms with van der Waals surface area (Å²) in [6.07, 6.45) is 1.00. The molecule has 9 heteroatoms. The molecule has 184 valence electrons. The minimum Gasteiger partial charge on any atom is -0.492 e. The maximum absolute atomic E-state index is 12.2. The summed E-state index contributed by atoms with van der Waals surface area (Å²) in [5, 5.41) is 16.4. The molecule has 1 atom stereocenters. The van der Waals surface area contributed by atoms with Crippen molar-refractivity contribution < 1.29 is 23.0 Å². The van der Waals surface area contributed by atoms with Crippen LogP contribution >= 0.6 is 11.3 Å². The van der Waals surface area contributed by atoms with Gasteiger partial charge >= 0.3 is 0 Å². The second-order valence-electron chi connectivity index (χ2n) is 8.59. The second kappa shape index (κ2) is 10.0. The maximum Gasteiger partial charge on any atom is 0.232 e. The molecule has 0 bridgehead atoms. The number of sulfonamides is 1. The smallest absolute Gasteiger partial charge is 0.232 e. The molecule has 1 aromatic heterocycles. The summed E-state index contributed by atoms with van der Waals surface area (Å²) in [4.78, 5) is 0. The molecule has 0 radical (unpaired) electrons. The van der Waals surface area contributed by atoms with Crippen LogP contribution in [0.15, 0.2) is 60.7 Å². The van der Waals surface area contributed by atoms with Crippen LogP contribution in [-0.2, 0) is 10.0 Å². The van der Waals surface area contributed by atoms with E-state index in [4.69, 9.17) is 9.47 Å². The third-order valence-corrected chi connectivity index (χ3v) is 8.35. The van der Waals surface area contributed by atoms with E-state index in [2.05, 4.69) is 41.7 Å². The van der Waals surface area contributed by atoms with Crippen LogP contribution < -0.4 is 19.1 Å². The number of nitrogens with zero attached hydrogens (tertiary/aromatic N) is 1. The first-order chi connectivity index (χ1) is 16.9. The lowest BCUT2D eigenvalue weighted by molar-refractivity contribution is 0.172. The lowest BCUT2D eigenvalue weighted by atomic mass is 10.1. The van der Waals surface area contributed by atoms with Crippen molar-refractivity contribution in [1.29, 1.82) is 0 Å². The van der Waals surface area contributed by atoms with Crippen molar-refractivity contribution in [1.82, 2.24) is 5.32 Å². The molecule has 5 rings (SSSR count). The number of thiophene rings is 1. The van der Waals surface area contributed by atoms with E-state index in [1.807, 2.05) is 6.07 Å². The van der Waals surface area contributed by atoms with E-state index in [1.165, 1.54) is 30.7 Å². The fourth-order valence-corrected chi connectivity index (χ4v) is 6.40. The average Bonchev–Trinajstić information content (AvgIpc) is 3.05. The monoisotopic (exact) mass is 512 g/mol. The standard InChI is InChI=1S/C26H28N2O5S2/c1-35(30,31)28-12-4-13-33-24-10-7-18(15-22(24)28)23(29)17-27-11-14-32-19-8-9-21-20-5-2-3-6-25(20)34-26(21)16-19/h2-3,5-10,15-16,23,27,29H,4,11-14,17H2,1H3. The molecule has 2 N–H and O–H groups in total. The van der Waals surface area contributed by atoms with Crippen LogP contribution in [0.3, 0.4) is 0 Å². The SMILES string of the molecule is CS(=O)(=O)N1CCCOc2ccc(C(O)CNCCOc3ccc4c(c3)sc3ccccc34)cc21. The van der Waals surface area contributed by atoms with E-state index in [9.17, 15) is 13.5 Å². The molecule has 0 saturated heterocycles. The number of ether oxygens (including phenoxy) is 2. The molecular formula is C26H28N2O5S2. The first-order valence-corrected chi connectivity index (χ1v) is 14.2. The molecule has 2 heterocycles. The highest BCUT2D eigenvalue weighted by Gasteiger charge is 2.25. The van der Waals surface area contributed by atoms with Crippen molar-refractivity contribution in [2.45, 2.75) is 12.5 Å². The number of benzene rings is 3. The van der Waals surface area contributed by atoms with Gasteiger partial charge in [-0.2, -0.15) is 0 Å². The van der Waals surface area contributed by atoms with E-state index in [0.29, 0.717) is 56.3 Å². The second-order valence-corrected chi connectivity index (χ2v) is 11.6. The third-order valence-electron chi connectivity index (χ3n) is 6.04. The fourth-order valence-electron chi connectivity index (χ4n) is 4.31. The van der Waals surface area contributed by atoms with Crippen LogP contribution in [0.2, 0.25) is 0 Å². The van der Waals surface area contributed by atoms with Crippen molar-refractivity contribution >= 4 is 47.2 Å². The Hall–Kier alpha value is -2.85. The lowest BCUT2D eigenvalue weighted by Gasteiger charge is -2.23. The molecule has 7 nitrogen and oxygen atoms in total. The largest absolute Gasteiger partial charge is 0.492 e. The lowest BCUT2D eigenvalue weighted by Crippen LogP contribution is -2.30. The molecule has 0 aliphatic carbocycles. The quantitative estimate of drug-likeness (QED) is 0.342. The Labute approximate surface area is 208 Å². The highest BCUT2D eigenvalue weighted by molar-refractivity contribution is 7.92. The summed E-state index contributed by atoms with van der Waals surface area (Å²) in [5.41, 5.74) is 1.10. The van der Waals surface area contributed by atoms with Gasteiger partial charge in [0.2, 0.25) is 10.0 Å². The zero-order chi connectivity index (χ0) is 24.4. The van der Waals surface area contributed by atoms with Crippen LogP contribution in [0.25, 0.3) is 20.2 Å². The van der Waals surface area contributed by atoms with Crippen molar-refractivity contribution in [2.75, 3.05) is 43.4 Å². The Morgan fingerprint density at radius 2 is 1.94 bits per heavy atom. The Bertz CT molecular complexity index is 1450. The summed E-state index contributed by atoms with van der Waals surface area (Å²) >= 11 is 1.75. The van der Waals surface area contributed by atoms with Crippen molar-refractivity contribution in [3.8, 4) is 11.5 Å². The number of nitrogens with one attached hydrogen (secondary N) is 1. The van der Waals surface area contributed by atoms with E-state index in [-0.39, 0.29) is 0 Å². The number of rotatable bonds is 8. The van der Waals surface area contributed by atoms with E-state index < -0.39 is 16.1 Å². The van der Waals surface area contributed by atoms with Crippen LogP contribution in [0.1, 0.15) is 18.1 Å². The van der Waals surface area contributed by atoms with Crippen molar-refractivity contribution in [3.63, 3.8) is 0 Å². The molecule has 0 saturated carbocycles. The number of aliphatic hydroxyl groups is 1. The minimum absolute atomic E-state index is 0.317. The van der Waals surface area contributed by atoms with Crippen LogP contribution in [-0.4, -0.2) is 52.6 Å². The topological polar surface area (TPSA) is 88.1 Å². The number of anilines is 1. The van der Waals surface area contributed by atoms with Gasteiger partial charge in [-0.1, -0.05) is 24.3 Å². The van der Waals surface area contributed by atoms with E-state index in [1.54, 1.807) is 29.5 Å². The van der Waals surface area contributed by atoms with Gasteiger partial charge in [-0.3, -0.25) is 4.31 Å². The van der Waals surface area contributed by atoms with Gasteiger partial charge in [0.05, 0.1) is 24.7 Å². The normalized spacial score (nSPS) is 15.0. The number of aliphatic hydroxyl groups excluding tert-OH is 1. The molecular weight excluding hydrogens is 484 g/mol. The highest BCUT2D eigenvalue weighted by Crippen LogP contribution is 2.36. The van der Waals surface area contributed by atoms with Crippen molar-refractivity contribution in [3.05, 3.63) is 66.2 Å². The van der Waals surface area contributed by atoms with E-state index in [0.717, 1.165) is 5.75 Å². The molecule has 3 aromatic carbocycles. The molecule has 4 aromatic rings. The molecule has 35 heavy (non-hydrogen) atoms. The molecule has 0 fully saturated rings.